The normalized spacial score (nSPS) is 18.5. The van der Waals surface area contributed by atoms with Crippen molar-refractivity contribution in [3.63, 3.8) is 0 Å². The molecular formula is C7H7NO2. The van der Waals surface area contributed by atoms with Gasteiger partial charge < -0.3 is 5.73 Å². The second kappa shape index (κ2) is 2.10. The third-order valence-corrected chi connectivity index (χ3v) is 1.33. The van der Waals surface area contributed by atoms with Crippen molar-refractivity contribution in [2.45, 2.75) is 6.92 Å². The first-order valence-electron chi connectivity index (χ1n) is 2.85. The molecule has 0 unspecified atom stereocenters. The molecule has 0 saturated heterocycles. The minimum atomic E-state index is -0.539. The first kappa shape index (κ1) is 6.74. The van der Waals surface area contributed by atoms with Gasteiger partial charge in [-0.15, -0.1) is 0 Å². The van der Waals surface area contributed by atoms with Gasteiger partial charge >= 0.3 is 0 Å². The third-order valence-electron chi connectivity index (χ3n) is 1.33. The Kier molecular flexibility index (Phi) is 1.41. The maximum atomic E-state index is 10.6. The fourth-order valence-corrected chi connectivity index (χ4v) is 0.677. The van der Waals surface area contributed by atoms with Crippen LogP contribution in [0, 0.1) is 0 Å². The molecule has 0 aromatic rings. The molecule has 1 rings (SSSR count). The Hall–Kier alpha value is -1.38. The highest BCUT2D eigenvalue weighted by Gasteiger charge is 2.14. The van der Waals surface area contributed by atoms with Gasteiger partial charge in [0, 0.05) is 11.8 Å². The molecule has 1 aliphatic rings. The van der Waals surface area contributed by atoms with E-state index in [0.717, 1.165) is 6.08 Å². The van der Waals surface area contributed by atoms with E-state index in [1.807, 2.05) is 0 Å². The van der Waals surface area contributed by atoms with Gasteiger partial charge in [-0.25, -0.2) is 0 Å². The van der Waals surface area contributed by atoms with E-state index < -0.39 is 11.6 Å². The summed E-state index contributed by atoms with van der Waals surface area (Å²) in [6.45, 7) is 1.69. The van der Waals surface area contributed by atoms with Crippen molar-refractivity contribution in [2.24, 2.45) is 5.73 Å². The summed E-state index contributed by atoms with van der Waals surface area (Å²) in [5.41, 5.74) is 6.39. The third kappa shape index (κ3) is 0.978. The average molecular weight is 137 g/mol. The second-order valence-electron chi connectivity index (χ2n) is 2.16. The highest BCUT2D eigenvalue weighted by Crippen LogP contribution is 2.07. The molecule has 0 saturated carbocycles. The van der Waals surface area contributed by atoms with Crippen LogP contribution in [0.25, 0.3) is 0 Å². The molecule has 0 amide bonds. The standard InChI is InChI=1S/C7H7NO2/c1-4-2-6(9)7(10)3-5(4)8/h2-3H,8H2,1H3. The summed E-state index contributed by atoms with van der Waals surface area (Å²) in [7, 11) is 0. The van der Waals surface area contributed by atoms with Gasteiger partial charge in [0.1, 0.15) is 0 Å². The van der Waals surface area contributed by atoms with E-state index in [1.165, 1.54) is 6.08 Å². The van der Waals surface area contributed by atoms with Crippen molar-refractivity contribution in [1.29, 1.82) is 0 Å². The topological polar surface area (TPSA) is 60.2 Å². The summed E-state index contributed by atoms with van der Waals surface area (Å²) in [5.74, 6) is -1.03. The summed E-state index contributed by atoms with van der Waals surface area (Å²) in [6.07, 6.45) is 2.40. The minimum absolute atomic E-state index is 0.379. The highest BCUT2D eigenvalue weighted by atomic mass is 16.2. The molecule has 0 aromatic carbocycles. The molecule has 0 bridgehead atoms. The van der Waals surface area contributed by atoms with Crippen molar-refractivity contribution in [2.75, 3.05) is 0 Å². The minimum Gasteiger partial charge on any atom is -0.398 e. The molecule has 52 valence electrons. The number of hydrogen-bond acceptors (Lipinski definition) is 3. The molecule has 0 fully saturated rings. The molecular weight excluding hydrogens is 130 g/mol. The zero-order chi connectivity index (χ0) is 7.72. The number of ketones is 2. The average Bonchev–Trinajstić information content (AvgIpc) is 1.84. The number of allylic oxidation sites excluding steroid dienone is 3. The summed E-state index contributed by atoms with van der Waals surface area (Å²) >= 11 is 0. The molecule has 10 heavy (non-hydrogen) atoms. The van der Waals surface area contributed by atoms with Gasteiger partial charge in [-0.3, -0.25) is 9.59 Å². The summed E-state index contributed by atoms with van der Waals surface area (Å²) in [4.78, 5) is 21.2. The van der Waals surface area contributed by atoms with Crippen LogP contribution in [-0.2, 0) is 9.59 Å². The lowest BCUT2D eigenvalue weighted by molar-refractivity contribution is -0.131. The predicted molar refractivity (Wildman–Crippen MR) is 36.0 cm³/mol. The van der Waals surface area contributed by atoms with E-state index in [0.29, 0.717) is 11.3 Å². The highest BCUT2D eigenvalue weighted by molar-refractivity contribution is 6.46. The van der Waals surface area contributed by atoms with Gasteiger partial charge in [0.2, 0.25) is 11.6 Å². The van der Waals surface area contributed by atoms with Gasteiger partial charge in [-0.2, -0.15) is 0 Å². The lowest BCUT2D eigenvalue weighted by Gasteiger charge is -2.04. The van der Waals surface area contributed by atoms with Crippen LogP contribution < -0.4 is 5.73 Å². The fraction of sp³-hybridized carbons (Fsp3) is 0.143. The number of hydrogen-bond donors (Lipinski definition) is 1. The monoisotopic (exact) mass is 137 g/mol. The Morgan fingerprint density at radius 3 is 2.20 bits per heavy atom. The smallest absolute Gasteiger partial charge is 0.227 e. The van der Waals surface area contributed by atoms with Crippen molar-refractivity contribution in [3.05, 3.63) is 23.4 Å². The van der Waals surface area contributed by atoms with Gasteiger partial charge in [-0.1, -0.05) is 0 Å². The molecule has 0 atom stereocenters. The van der Waals surface area contributed by atoms with Crippen LogP contribution in [0.1, 0.15) is 6.92 Å². The SMILES string of the molecule is CC1=CC(=O)C(=O)C=C1N. The number of carbonyl (C=O) groups is 2. The van der Waals surface area contributed by atoms with E-state index >= 15 is 0 Å². The van der Waals surface area contributed by atoms with Gasteiger partial charge in [0.15, 0.2) is 0 Å². The number of nitrogens with two attached hydrogens (primary N) is 1. The lowest BCUT2D eigenvalue weighted by Crippen LogP contribution is -2.17. The van der Waals surface area contributed by atoms with Gasteiger partial charge in [-0.05, 0) is 18.6 Å². The van der Waals surface area contributed by atoms with Crippen molar-refractivity contribution < 1.29 is 9.59 Å². The Labute approximate surface area is 58.2 Å². The quantitative estimate of drug-likeness (QED) is 0.375. The first-order chi connectivity index (χ1) is 4.61. The van der Waals surface area contributed by atoms with Gasteiger partial charge in [0.05, 0.1) is 0 Å². The van der Waals surface area contributed by atoms with Crippen LogP contribution >= 0.6 is 0 Å². The van der Waals surface area contributed by atoms with E-state index in [9.17, 15) is 9.59 Å². The molecule has 0 heterocycles. The van der Waals surface area contributed by atoms with E-state index in [1.54, 1.807) is 6.92 Å². The fourth-order valence-electron chi connectivity index (χ4n) is 0.677. The zero-order valence-corrected chi connectivity index (χ0v) is 5.55. The first-order valence-corrected chi connectivity index (χ1v) is 2.85. The summed E-state index contributed by atoms with van der Waals surface area (Å²) < 4.78 is 0. The Morgan fingerprint density at radius 1 is 1.20 bits per heavy atom. The van der Waals surface area contributed by atoms with E-state index in [-0.39, 0.29) is 0 Å². The second-order valence-corrected chi connectivity index (χ2v) is 2.16. The van der Waals surface area contributed by atoms with Crippen LogP contribution in [0.3, 0.4) is 0 Å². The molecule has 0 radical (unpaired) electrons. The zero-order valence-electron chi connectivity index (χ0n) is 5.55. The van der Waals surface area contributed by atoms with Crippen LogP contribution in [0.15, 0.2) is 23.4 Å². The van der Waals surface area contributed by atoms with Crippen LogP contribution in [0.4, 0.5) is 0 Å². The summed E-state index contributed by atoms with van der Waals surface area (Å²) in [5, 5.41) is 0. The van der Waals surface area contributed by atoms with Crippen LogP contribution in [0.5, 0.6) is 0 Å². The molecule has 2 N–H and O–H groups in total. The number of carbonyl (C=O) groups excluding carboxylic acids is 2. The van der Waals surface area contributed by atoms with Crippen LogP contribution in [-0.4, -0.2) is 11.6 Å². The van der Waals surface area contributed by atoms with Crippen molar-refractivity contribution in [3.8, 4) is 0 Å². The Morgan fingerprint density at radius 2 is 1.70 bits per heavy atom. The maximum absolute atomic E-state index is 10.6. The Balaban J connectivity index is 3.06. The van der Waals surface area contributed by atoms with E-state index in [4.69, 9.17) is 5.73 Å². The predicted octanol–water partition coefficient (Wildman–Crippen LogP) is -0.0729. The molecule has 3 heteroatoms. The maximum Gasteiger partial charge on any atom is 0.227 e. The van der Waals surface area contributed by atoms with Crippen molar-refractivity contribution in [1.82, 2.24) is 0 Å². The summed E-state index contributed by atoms with van der Waals surface area (Å²) in [6, 6.07) is 0. The van der Waals surface area contributed by atoms with Gasteiger partial charge in [0.25, 0.3) is 0 Å². The molecule has 0 spiro atoms. The van der Waals surface area contributed by atoms with Crippen molar-refractivity contribution >= 4 is 11.6 Å². The molecule has 3 nitrogen and oxygen atoms in total. The Bertz CT molecular complexity index is 233. The van der Waals surface area contributed by atoms with Crippen LogP contribution in [0.2, 0.25) is 0 Å². The number of rotatable bonds is 0. The lowest BCUT2D eigenvalue weighted by atomic mass is 10.0. The molecule has 1 aliphatic carbocycles. The molecule has 0 aliphatic heterocycles. The molecule has 0 aromatic heterocycles. The van der Waals surface area contributed by atoms with E-state index in [2.05, 4.69) is 0 Å². The largest absolute Gasteiger partial charge is 0.398 e.